The van der Waals surface area contributed by atoms with Crippen LogP contribution in [0.1, 0.15) is 24.8 Å². The van der Waals surface area contributed by atoms with Gasteiger partial charge in [-0.3, -0.25) is 0 Å². The molecule has 5 rings (SSSR count). The minimum Gasteiger partial charge on any atom is -0.495 e. The molecule has 2 aromatic heterocycles. The van der Waals surface area contributed by atoms with Gasteiger partial charge in [0.1, 0.15) is 27.9 Å². The molecule has 0 bridgehead atoms. The molecule has 0 spiro atoms. The molecule has 3 aromatic rings. The van der Waals surface area contributed by atoms with E-state index < -0.39 is 26.6 Å². The largest absolute Gasteiger partial charge is 0.495 e. The fourth-order valence-corrected chi connectivity index (χ4v) is 6.70. The van der Waals surface area contributed by atoms with Crippen LogP contribution in [0, 0.1) is 5.82 Å². The molecular weight excluding hydrogens is 447 g/mol. The summed E-state index contributed by atoms with van der Waals surface area (Å²) in [7, 11) is -0.822. The third-order valence-corrected chi connectivity index (χ3v) is 8.74. The number of sulfonamides is 1. The van der Waals surface area contributed by atoms with Gasteiger partial charge in [0.15, 0.2) is 5.82 Å². The van der Waals surface area contributed by atoms with Gasteiger partial charge in [0.2, 0.25) is 16.0 Å². The maximum absolute atomic E-state index is 15.2. The van der Waals surface area contributed by atoms with Crippen LogP contribution < -0.4 is 15.8 Å². The minimum absolute atomic E-state index is 0.139. The number of halogens is 1. The molecule has 3 heterocycles. The van der Waals surface area contributed by atoms with E-state index in [0.29, 0.717) is 42.0 Å². The van der Waals surface area contributed by atoms with Crippen molar-refractivity contribution in [1.82, 2.24) is 14.3 Å². The van der Waals surface area contributed by atoms with E-state index >= 15 is 4.39 Å². The Hall–Kier alpha value is -3.47. The Labute approximate surface area is 190 Å². The maximum Gasteiger partial charge on any atom is 0.242 e. The molecule has 11 heteroatoms. The molecule has 2 atom stereocenters. The Morgan fingerprint density at radius 1 is 1.27 bits per heavy atom. The van der Waals surface area contributed by atoms with E-state index in [2.05, 4.69) is 20.3 Å². The van der Waals surface area contributed by atoms with Gasteiger partial charge in [0.05, 0.1) is 13.3 Å². The van der Waals surface area contributed by atoms with Crippen LogP contribution >= 0.6 is 0 Å². The molecular formula is C22H23FN6O3S. The zero-order valence-corrected chi connectivity index (χ0v) is 18.9. The van der Waals surface area contributed by atoms with E-state index in [1.807, 2.05) is 12.1 Å². The van der Waals surface area contributed by atoms with Crippen LogP contribution in [-0.4, -0.2) is 48.1 Å². The topological polar surface area (TPSA) is 123 Å². The van der Waals surface area contributed by atoms with Gasteiger partial charge in [-0.2, -0.15) is 0 Å². The Balaban J connectivity index is 1.60. The van der Waals surface area contributed by atoms with Crippen LogP contribution in [0.5, 0.6) is 5.75 Å². The van der Waals surface area contributed by atoms with Crippen LogP contribution in [0.4, 0.5) is 15.9 Å². The highest BCUT2D eigenvalue weighted by Crippen LogP contribution is 2.50. The monoisotopic (exact) mass is 470 g/mol. The summed E-state index contributed by atoms with van der Waals surface area (Å²) in [5.74, 6) is 0.429. The first-order chi connectivity index (χ1) is 15.8. The number of hydrogen-bond acceptors (Lipinski definition) is 8. The quantitative estimate of drug-likeness (QED) is 0.601. The molecule has 1 saturated carbocycles. The number of benzene rings is 1. The average molecular weight is 471 g/mol. The van der Waals surface area contributed by atoms with Crippen molar-refractivity contribution in [1.29, 1.82) is 0 Å². The second-order valence-electron chi connectivity index (χ2n) is 8.21. The van der Waals surface area contributed by atoms with E-state index in [4.69, 9.17) is 10.5 Å². The molecule has 1 fully saturated rings. The summed E-state index contributed by atoms with van der Waals surface area (Å²) >= 11 is 0. The van der Waals surface area contributed by atoms with Crippen molar-refractivity contribution >= 4 is 38.4 Å². The van der Waals surface area contributed by atoms with Gasteiger partial charge in [0, 0.05) is 29.9 Å². The van der Waals surface area contributed by atoms with Crippen molar-refractivity contribution in [3.63, 3.8) is 0 Å². The van der Waals surface area contributed by atoms with Gasteiger partial charge in [-0.25, -0.2) is 32.1 Å². The first kappa shape index (κ1) is 21.4. The van der Waals surface area contributed by atoms with Gasteiger partial charge in [0.25, 0.3) is 0 Å². The summed E-state index contributed by atoms with van der Waals surface area (Å²) in [6, 6.07) is 8.12. The fourth-order valence-electron chi connectivity index (χ4n) is 4.76. The Kier molecular flexibility index (Phi) is 4.89. The highest BCUT2D eigenvalue weighted by molar-refractivity contribution is 7.90. The highest BCUT2D eigenvalue weighted by atomic mass is 32.2. The number of nitrogens with zero attached hydrogens (tertiary/aromatic N) is 4. The number of pyridine rings is 2. The third kappa shape index (κ3) is 3.26. The second kappa shape index (κ2) is 7.55. The molecule has 0 unspecified atom stereocenters. The number of anilines is 2. The molecule has 0 amide bonds. The molecule has 1 aliphatic carbocycles. The third-order valence-electron chi connectivity index (χ3n) is 6.44. The number of nitrogens with two attached hydrogens (primary N) is 1. The lowest BCUT2D eigenvalue weighted by Gasteiger charge is -2.39. The number of nitrogens with one attached hydrogen (secondary N) is 1. The standard InChI is InChI=1S/C22H23FN6O3S/c1-29-21(24)28-22(8-3-4-18(22)33(29,30)31)16-11-14(5-6-17(16)23)27-20-19-13(7-9-25-20)10-15(32-2)12-26-19/h5-7,9-12,18H,3-4,8H2,1-2H3,(H2,24,28)(H,25,27)/t18-,22-/m1/s1. The number of guanidine groups is 1. The lowest BCUT2D eigenvalue weighted by Crippen LogP contribution is -2.55. The fraction of sp³-hybridized carbons (Fsp3) is 0.318. The Morgan fingerprint density at radius 3 is 2.88 bits per heavy atom. The number of aromatic nitrogens is 2. The van der Waals surface area contributed by atoms with Crippen LogP contribution in [0.15, 0.2) is 47.7 Å². The van der Waals surface area contributed by atoms with E-state index in [1.165, 1.54) is 13.1 Å². The molecule has 172 valence electrons. The summed E-state index contributed by atoms with van der Waals surface area (Å²) in [5.41, 5.74) is 6.04. The Morgan fingerprint density at radius 2 is 2.09 bits per heavy atom. The molecule has 2 aliphatic rings. The van der Waals surface area contributed by atoms with Crippen molar-refractivity contribution in [2.24, 2.45) is 10.7 Å². The lowest BCUT2D eigenvalue weighted by atomic mass is 9.87. The molecule has 33 heavy (non-hydrogen) atoms. The van der Waals surface area contributed by atoms with Crippen molar-refractivity contribution in [3.8, 4) is 5.75 Å². The zero-order valence-electron chi connectivity index (χ0n) is 18.1. The number of methoxy groups -OCH3 is 1. The van der Waals surface area contributed by atoms with Gasteiger partial charge >= 0.3 is 0 Å². The first-order valence-electron chi connectivity index (χ1n) is 10.4. The number of aliphatic imine (C=N–C) groups is 1. The normalized spacial score (nSPS) is 23.8. The van der Waals surface area contributed by atoms with Gasteiger partial charge in [-0.15, -0.1) is 0 Å². The summed E-state index contributed by atoms with van der Waals surface area (Å²) in [6.45, 7) is 0. The van der Waals surface area contributed by atoms with Crippen LogP contribution in [0.25, 0.3) is 10.9 Å². The number of fused-ring (bicyclic) bond motifs is 2. The molecule has 1 aromatic carbocycles. The Bertz CT molecular complexity index is 1400. The maximum atomic E-state index is 15.2. The number of ether oxygens (including phenoxy) is 1. The van der Waals surface area contributed by atoms with Crippen LogP contribution in [0.3, 0.4) is 0 Å². The predicted octanol–water partition coefficient (Wildman–Crippen LogP) is 2.86. The second-order valence-corrected chi connectivity index (χ2v) is 10.4. The molecule has 0 saturated heterocycles. The summed E-state index contributed by atoms with van der Waals surface area (Å²) in [6.07, 6.45) is 4.60. The zero-order chi connectivity index (χ0) is 23.4. The highest BCUT2D eigenvalue weighted by Gasteiger charge is 2.56. The van der Waals surface area contributed by atoms with Crippen molar-refractivity contribution < 1.29 is 17.5 Å². The SMILES string of the molecule is COc1cnc2c(Nc3ccc(F)c([C@]45CCC[C@H]4S(=O)(=O)N(C)C(N)=N5)c3)nccc2c1. The molecule has 3 N–H and O–H groups in total. The molecule has 0 radical (unpaired) electrons. The van der Waals surface area contributed by atoms with Gasteiger partial charge in [-0.1, -0.05) is 0 Å². The average Bonchev–Trinajstić information content (AvgIpc) is 3.24. The summed E-state index contributed by atoms with van der Waals surface area (Å²) in [4.78, 5) is 13.3. The van der Waals surface area contributed by atoms with Crippen molar-refractivity contribution in [2.45, 2.75) is 30.1 Å². The summed E-state index contributed by atoms with van der Waals surface area (Å²) in [5, 5.41) is 3.13. The lowest BCUT2D eigenvalue weighted by molar-refractivity contribution is 0.399. The predicted molar refractivity (Wildman–Crippen MR) is 123 cm³/mol. The molecule has 9 nitrogen and oxygen atoms in total. The molecule has 1 aliphatic heterocycles. The van der Waals surface area contributed by atoms with E-state index in [9.17, 15) is 8.42 Å². The van der Waals surface area contributed by atoms with E-state index in [-0.39, 0.29) is 11.5 Å². The van der Waals surface area contributed by atoms with Crippen LogP contribution in [0.2, 0.25) is 0 Å². The van der Waals surface area contributed by atoms with Gasteiger partial charge < -0.3 is 15.8 Å². The minimum atomic E-state index is -3.76. The van der Waals surface area contributed by atoms with E-state index in [1.54, 1.807) is 31.6 Å². The smallest absolute Gasteiger partial charge is 0.242 e. The van der Waals surface area contributed by atoms with E-state index in [0.717, 1.165) is 9.69 Å². The number of rotatable bonds is 4. The van der Waals surface area contributed by atoms with Gasteiger partial charge in [-0.05, 0) is 49.6 Å². The van der Waals surface area contributed by atoms with Crippen molar-refractivity contribution in [3.05, 3.63) is 54.1 Å². The van der Waals surface area contributed by atoms with Crippen LogP contribution in [-0.2, 0) is 15.6 Å². The van der Waals surface area contributed by atoms with Crippen molar-refractivity contribution in [2.75, 3.05) is 19.5 Å². The first-order valence-corrected chi connectivity index (χ1v) is 12.0. The number of hydrogen-bond donors (Lipinski definition) is 2. The summed E-state index contributed by atoms with van der Waals surface area (Å²) < 4.78 is 47.5.